The summed E-state index contributed by atoms with van der Waals surface area (Å²) in [5, 5.41) is 4.69. The van der Waals surface area contributed by atoms with Crippen molar-refractivity contribution in [3.05, 3.63) is 285 Å². The summed E-state index contributed by atoms with van der Waals surface area (Å²) in [4.78, 5) is 20.9. The van der Waals surface area contributed by atoms with Crippen LogP contribution in [0.5, 0.6) is 0 Å². The molecule has 6 nitrogen and oxygen atoms in total. The Morgan fingerprint density at radius 3 is 0.891 bits per heavy atom. The van der Waals surface area contributed by atoms with E-state index >= 15 is 0 Å². The van der Waals surface area contributed by atoms with Gasteiger partial charge in [-0.1, -0.05) is 156 Å². The highest BCUT2D eigenvalue weighted by Crippen LogP contribution is 2.46. The van der Waals surface area contributed by atoms with Crippen LogP contribution in [0, 0.1) is 83.1 Å². The van der Waals surface area contributed by atoms with E-state index in [0.29, 0.717) is 17.5 Å². The van der Waals surface area contributed by atoms with Crippen LogP contribution in [-0.4, -0.2) is 29.1 Å². The van der Waals surface area contributed by atoms with Crippen molar-refractivity contribution >= 4 is 43.6 Å². The quantitative estimate of drug-likeness (QED) is 0.137. The standard InChI is InChI=1S/C86H72N6/c1-49-35-53(5)80(54(6)36-49)63-23-28-75-70(43-63)71-44-64(81-55(7)37-50(2)38-56(81)8)24-29-76(71)91(75)74-32-27-67(86-89-84(61-19-15-13-16-20-61)88-85(90-86)62-21-17-14-18-22-62)47-69(74)68-33-34-87-48-79(68)92-77-30-25-65(82-57(9)39-51(3)40-58(82)10)45-72(77)73-46-66(26-31-78(73)92)83-59(11)41-52(4)42-60(83)12/h13-48H,1-12H3. The highest BCUT2D eigenvalue weighted by molar-refractivity contribution is 6.14. The first-order chi connectivity index (χ1) is 44.5. The Balaban J connectivity index is 1.04. The number of aromatic nitrogens is 6. The normalized spacial score (nSPS) is 11.7. The lowest BCUT2D eigenvalue weighted by Crippen LogP contribution is -2.04. The highest BCUT2D eigenvalue weighted by Gasteiger charge is 2.25. The molecule has 446 valence electrons. The van der Waals surface area contributed by atoms with E-state index in [1.54, 1.807) is 0 Å². The van der Waals surface area contributed by atoms with Gasteiger partial charge in [-0.25, -0.2) is 15.0 Å². The van der Waals surface area contributed by atoms with Crippen molar-refractivity contribution in [1.29, 1.82) is 0 Å². The Labute approximate surface area is 539 Å². The van der Waals surface area contributed by atoms with E-state index in [4.69, 9.17) is 19.9 Å². The van der Waals surface area contributed by atoms with Gasteiger partial charge < -0.3 is 9.13 Å². The molecule has 0 radical (unpaired) electrons. The average Bonchev–Trinajstić information content (AvgIpc) is 1.56. The van der Waals surface area contributed by atoms with Gasteiger partial charge in [-0.15, -0.1) is 0 Å². The first kappa shape index (κ1) is 57.6. The van der Waals surface area contributed by atoms with Crippen LogP contribution in [0.1, 0.15) is 66.8 Å². The van der Waals surface area contributed by atoms with E-state index < -0.39 is 0 Å². The zero-order chi connectivity index (χ0) is 63.4. The molecular weight excluding hydrogens is 1120 g/mol. The van der Waals surface area contributed by atoms with Crippen LogP contribution in [0.2, 0.25) is 0 Å². The van der Waals surface area contributed by atoms with Crippen molar-refractivity contribution in [2.45, 2.75) is 83.1 Å². The summed E-state index contributed by atoms with van der Waals surface area (Å²) >= 11 is 0. The van der Waals surface area contributed by atoms with E-state index in [0.717, 1.165) is 61.3 Å². The molecule has 0 saturated carbocycles. The largest absolute Gasteiger partial charge is 0.309 e. The van der Waals surface area contributed by atoms with Crippen LogP contribution in [0.15, 0.2) is 219 Å². The van der Waals surface area contributed by atoms with Crippen molar-refractivity contribution in [2.75, 3.05) is 0 Å². The molecule has 0 atom stereocenters. The number of benzene rings is 11. The fourth-order valence-electron chi connectivity index (χ4n) is 15.5. The molecule has 0 aliphatic rings. The van der Waals surface area contributed by atoms with Gasteiger partial charge in [-0.05, 0) is 245 Å². The van der Waals surface area contributed by atoms with Crippen molar-refractivity contribution < 1.29 is 0 Å². The molecule has 0 unspecified atom stereocenters. The molecule has 0 saturated heterocycles. The summed E-state index contributed by atoms with van der Waals surface area (Å²) in [6, 6.07) is 76.3. The maximum atomic E-state index is 5.35. The fraction of sp³-hybridized carbons (Fsp3) is 0.140. The number of rotatable bonds is 10. The van der Waals surface area contributed by atoms with Crippen molar-refractivity contribution in [3.8, 4) is 101 Å². The van der Waals surface area contributed by atoms with Crippen LogP contribution >= 0.6 is 0 Å². The first-order valence-corrected chi connectivity index (χ1v) is 32.0. The molecule has 15 aromatic rings. The van der Waals surface area contributed by atoms with Crippen molar-refractivity contribution in [2.24, 2.45) is 0 Å². The molecule has 6 heteroatoms. The Morgan fingerprint density at radius 1 is 0.250 bits per heavy atom. The number of hydrogen-bond acceptors (Lipinski definition) is 4. The van der Waals surface area contributed by atoms with Crippen LogP contribution in [0.4, 0.5) is 0 Å². The van der Waals surface area contributed by atoms with Gasteiger partial charge in [0.1, 0.15) is 0 Å². The lowest BCUT2D eigenvalue weighted by atomic mass is 9.91. The maximum absolute atomic E-state index is 5.35. The number of aryl methyl sites for hydroxylation is 12. The van der Waals surface area contributed by atoms with Gasteiger partial charge in [0.05, 0.1) is 39.6 Å². The van der Waals surface area contributed by atoms with Crippen LogP contribution < -0.4 is 0 Å². The van der Waals surface area contributed by atoms with Gasteiger partial charge in [-0.3, -0.25) is 4.98 Å². The van der Waals surface area contributed by atoms with Gasteiger partial charge in [0.2, 0.25) is 0 Å². The molecule has 15 rings (SSSR count). The number of fused-ring (bicyclic) bond motifs is 6. The molecule has 0 spiro atoms. The second-order valence-electron chi connectivity index (χ2n) is 25.9. The molecule has 0 amide bonds. The third-order valence-electron chi connectivity index (χ3n) is 18.9. The van der Waals surface area contributed by atoms with Gasteiger partial charge in [0, 0.05) is 55.6 Å². The minimum absolute atomic E-state index is 0.575. The van der Waals surface area contributed by atoms with Gasteiger partial charge in [0.25, 0.3) is 0 Å². The molecular formula is C86H72N6. The summed E-state index contributed by atoms with van der Waals surface area (Å²) in [6.45, 7) is 26.7. The van der Waals surface area contributed by atoms with E-state index in [1.165, 1.54) is 133 Å². The lowest BCUT2D eigenvalue weighted by Gasteiger charge is -2.20. The molecule has 11 aromatic carbocycles. The van der Waals surface area contributed by atoms with Crippen molar-refractivity contribution in [3.63, 3.8) is 0 Å². The second-order valence-corrected chi connectivity index (χ2v) is 25.9. The predicted octanol–water partition coefficient (Wildman–Crippen LogP) is 22.5. The molecule has 0 bridgehead atoms. The summed E-state index contributed by atoms with van der Waals surface area (Å²) in [6.07, 6.45) is 4.00. The average molecular weight is 1190 g/mol. The van der Waals surface area contributed by atoms with E-state index in [2.05, 4.69) is 268 Å². The van der Waals surface area contributed by atoms with Gasteiger partial charge in [-0.2, -0.15) is 0 Å². The smallest absolute Gasteiger partial charge is 0.164 e. The van der Waals surface area contributed by atoms with Crippen LogP contribution in [0.25, 0.3) is 145 Å². The minimum Gasteiger partial charge on any atom is -0.309 e. The molecule has 0 N–H and O–H groups in total. The number of pyridine rings is 1. The minimum atomic E-state index is 0.575. The Morgan fingerprint density at radius 2 is 0.554 bits per heavy atom. The van der Waals surface area contributed by atoms with Crippen LogP contribution in [0.3, 0.4) is 0 Å². The maximum Gasteiger partial charge on any atom is 0.164 e. The Bertz CT molecular complexity index is 5150. The Hall–Kier alpha value is -10.8. The third kappa shape index (κ3) is 9.89. The fourth-order valence-corrected chi connectivity index (χ4v) is 15.5. The van der Waals surface area contributed by atoms with Crippen LogP contribution in [-0.2, 0) is 0 Å². The predicted molar refractivity (Wildman–Crippen MR) is 387 cm³/mol. The monoisotopic (exact) mass is 1190 g/mol. The zero-order valence-electron chi connectivity index (χ0n) is 54.5. The van der Waals surface area contributed by atoms with E-state index in [-0.39, 0.29) is 0 Å². The van der Waals surface area contributed by atoms with Crippen molar-refractivity contribution in [1.82, 2.24) is 29.1 Å². The molecule has 92 heavy (non-hydrogen) atoms. The Kier molecular flexibility index (Phi) is 14.1. The SMILES string of the molecule is Cc1cc(C)c(-c2ccc3c(c2)c2cc(-c4c(C)cc(C)cc4C)ccc2n3-c2ccc(-c3nc(-c4ccccc4)nc(-c4ccccc4)n3)cc2-c2ccncc2-n2c3ccc(-c4c(C)cc(C)cc4C)cc3c3cc(-c4c(C)cc(C)cc4C)ccc32)c(C)c1. The highest BCUT2D eigenvalue weighted by atomic mass is 15.0. The summed E-state index contributed by atoms with van der Waals surface area (Å²) in [7, 11) is 0. The van der Waals surface area contributed by atoms with E-state index in [1.807, 2.05) is 42.6 Å². The van der Waals surface area contributed by atoms with Gasteiger partial charge in [0.15, 0.2) is 17.5 Å². The summed E-state index contributed by atoms with van der Waals surface area (Å²) in [5.74, 6) is 1.78. The topological polar surface area (TPSA) is 61.4 Å². The molecule has 4 aromatic heterocycles. The summed E-state index contributed by atoms with van der Waals surface area (Å²) < 4.78 is 4.94. The zero-order valence-corrected chi connectivity index (χ0v) is 54.5. The second kappa shape index (κ2) is 22.6. The number of nitrogens with zero attached hydrogens (tertiary/aromatic N) is 6. The molecule has 4 heterocycles. The van der Waals surface area contributed by atoms with Gasteiger partial charge >= 0.3 is 0 Å². The third-order valence-corrected chi connectivity index (χ3v) is 18.9. The summed E-state index contributed by atoms with van der Waals surface area (Å²) in [5.41, 5.74) is 36.1. The molecule has 0 fully saturated rings. The lowest BCUT2D eigenvalue weighted by molar-refractivity contribution is 1.07. The van der Waals surface area contributed by atoms with E-state index in [9.17, 15) is 0 Å². The molecule has 0 aliphatic carbocycles. The molecule has 0 aliphatic heterocycles. The number of hydrogen-bond donors (Lipinski definition) is 0. The first-order valence-electron chi connectivity index (χ1n) is 32.0.